The number of ketones is 1. The van der Waals surface area contributed by atoms with Crippen LogP contribution >= 0.6 is 34.5 Å². The number of hydrogen-bond acceptors (Lipinski definition) is 4. The molecule has 3 aromatic rings. The Hall–Kier alpha value is -2.15. The first-order chi connectivity index (χ1) is 13.5. The molecule has 0 aliphatic carbocycles. The van der Waals surface area contributed by atoms with Crippen molar-refractivity contribution < 1.29 is 4.79 Å². The van der Waals surface area contributed by atoms with Gasteiger partial charge in [0, 0.05) is 22.1 Å². The zero-order valence-corrected chi connectivity index (χ0v) is 18.9. The average molecular weight is 450 g/mol. The number of carbonyl (C=O) groups excluding carboxylic acids is 1. The zero-order chi connectivity index (χ0) is 21.3. The molecule has 0 unspecified atom stereocenters. The second-order valence-electron chi connectivity index (χ2n) is 7.76. The highest BCUT2D eigenvalue weighted by atomic mass is 35.5. The van der Waals surface area contributed by atoms with Crippen LogP contribution in [0.3, 0.4) is 0 Å². The van der Waals surface area contributed by atoms with Gasteiger partial charge in [-0.2, -0.15) is 5.10 Å². The number of hydrogen-bond donors (Lipinski definition) is 1. The van der Waals surface area contributed by atoms with Crippen molar-refractivity contribution in [1.29, 1.82) is 0 Å². The summed E-state index contributed by atoms with van der Waals surface area (Å²) in [6.07, 6.45) is 3.19. The van der Waals surface area contributed by atoms with Crippen LogP contribution in [-0.2, 0) is 11.3 Å². The van der Waals surface area contributed by atoms with Crippen LogP contribution in [-0.4, -0.2) is 20.5 Å². The van der Waals surface area contributed by atoms with Gasteiger partial charge in [-0.25, -0.2) is 4.68 Å². The van der Waals surface area contributed by atoms with Gasteiger partial charge in [-0.3, -0.25) is 9.59 Å². The summed E-state index contributed by atoms with van der Waals surface area (Å²) in [5, 5.41) is 5.60. The molecule has 8 heteroatoms. The number of H-pyrrole nitrogens is 1. The van der Waals surface area contributed by atoms with Crippen LogP contribution < -0.4 is 14.8 Å². The molecular weight excluding hydrogens is 429 g/mol. The number of Topliss-reactive ketones (excluding diaryl/α,β-unsaturated/α-hetero) is 1. The summed E-state index contributed by atoms with van der Waals surface area (Å²) in [7, 11) is 0. The summed E-state index contributed by atoms with van der Waals surface area (Å²) >= 11 is 13.7. The molecule has 2 heterocycles. The number of aromatic amines is 1. The molecule has 5 nitrogen and oxygen atoms in total. The molecule has 29 heavy (non-hydrogen) atoms. The van der Waals surface area contributed by atoms with Gasteiger partial charge in [-0.05, 0) is 30.7 Å². The Morgan fingerprint density at radius 1 is 1.24 bits per heavy atom. The third-order valence-corrected chi connectivity index (χ3v) is 5.93. The maximum atomic E-state index is 12.3. The predicted octanol–water partition coefficient (Wildman–Crippen LogP) is 3.52. The van der Waals surface area contributed by atoms with Crippen LogP contribution in [0.2, 0.25) is 10.2 Å². The van der Waals surface area contributed by atoms with Gasteiger partial charge >= 0.3 is 0 Å². The van der Waals surface area contributed by atoms with Gasteiger partial charge in [0.05, 0.1) is 21.4 Å². The minimum absolute atomic E-state index is 0.0495. The third-order valence-electron chi connectivity index (χ3n) is 4.31. The van der Waals surface area contributed by atoms with Crippen LogP contribution in [0.5, 0.6) is 0 Å². The molecule has 0 bridgehead atoms. The van der Waals surface area contributed by atoms with Gasteiger partial charge in [-0.1, -0.05) is 56.1 Å². The van der Waals surface area contributed by atoms with Crippen molar-refractivity contribution in [1.82, 2.24) is 14.8 Å². The molecular formula is C21H21Cl2N3O2S. The molecule has 1 N–H and O–H groups in total. The molecule has 0 saturated carbocycles. The Morgan fingerprint density at radius 3 is 2.52 bits per heavy atom. The van der Waals surface area contributed by atoms with E-state index in [1.54, 1.807) is 10.8 Å². The summed E-state index contributed by atoms with van der Waals surface area (Å²) in [5.41, 5.74) is 1.64. The third kappa shape index (κ3) is 5.07. The standard InChI is InChI=1S/C21H21Cl2N3O2S/c1-12-15(19(23)26(25-12)11-13-5-7-14(22)8-6-13)9-16-20(28)24-18(29-16)10-17(27)21(2,3)4/h5-10H,11H2,1-4H3,(H,24,28)/b16-9-,18-10-. The lowest BCUT2D eigenvalue weighted by Gasteiger charge is -2.12. The Labute approximate surface area is 182 Å². The minimum Gasteiger partial charge on any atom is -0.313 e. The Bertz CT molecular complexity index is 1230. The Balaban J connectivity index is 1.98. The lowest BCUT2D eigenvalue weighted by Crippen LogP contribution is -2.22. The van der Waals surface area contributed by atoms with Gasteiger partial charge in [0.15, 0.2) is 5.78 Å². The molecule has 2 aromatic heterocycles. The van der Waals surface area contributed by atoms with Gasteiger partial charge in [0.25, 0.3) is 5.56 Å². The first-order valence-electron chi connectivity index (χ1n) is 8.99. The van der Waals surface area contributed by atoms with Crippen molar-refractivity contribution in [2.45, 2.75) is 34.2 Å². The fourth-order valence-electron chi connectivity index (χ4n) is 2.59. The van der Waals surface area contributed by atoms with Crippen molar-refractivity contribution in [2.24, 2.45) is 5.41 Å². The minimum atomic E-state index is -0.506. The monoisotopic (exact) mass is 449 g/mol. The number of nitrogens with one attached hydrogen (secondary N) is 1. The van der Waals surface area contributed by atoms with Crippen LogP contribution in [0, 0.1) is 12.3 Å². The quantitative estimate of drug-likeness (QED) is 0.662. The van der Waals surface area contributed by atoms with E-state index in [9.17, 15) is 9.59 Å². The number of aromatic nitrogens is 3. The lowest BCUT2D eigenvalue weighted by atomic mass is 9.91. The van der Waals surface area contributed by atoms with Crippen molar-refractivity contribution in [3.8, 4) is 0 Å². The number of carbonyl (C=O) groups is 1. The molecule has 3 rings (SSSR count). The van der Waals surface area contributed by atoms with Gasteiger partial charge < -0.3 is 4.98 Å². The molecule has 0 aliphatic heterocycles. The Morgan fingerprint density at radius 2 is 1.90 bits per heavy atom. The molecule has 152 valence electrons. The predicted molar refractivity (Wildman–Crippen MR) is 119 cm³/mol. The van der Waals surface area contributed by atoms with Crippen LogP contribution in [0.4, 0.5) is 0 Å². The second-order valence-corrected chi connectivity index (χ2v) is 9.64. The van der Waals surface area contributed by atoms with E-state index >= 15 is 0 Å². The highest BCUT2D eigenvalue weighted by molar-refractivity contribution is 7.07. The molecule has 0 atom stereocenters. The first kappa shape index (κ1) is 21.6. The van der Waals surface area contributed by atoms with Crippen LogP contribution in [0.1, 0.15) is 37.6 Å². The van der Waals surface area contributed by atoms with E-state index in [1.807, 2.05) is 52.0 Å². The molecule has 0 radical (unpaired) electrons. The maximum absolute atomic E-state index is 12.3. The van der Waals surface area contributed by atoms with Crippen molar-refractivity contribution >= 4 is 52.5 Å². The summed E-state index contributed by atoms with van der Waals surface area (Å²) in [6.45, 7) is 7.84. The van der Waals surface area contributed by atoms with Gasteiger partial charge in [0.1, 0.15) is 5.15 Å². The molecule has 0 spiro atoms. The van der Waals surface area contributed by atoms with Crippen LogP contribution in [0.25, 0.3) is 12.2 Å². The fraction of sp³-hybridized carbons (Fsp3) is 0.286. The van der Waals surface area contributed by atoms with E-state index in [2.05, 4.69) is 10.1 Å². The zero-order valence-electron chi connectivity index (χ0n) is 16.5. The summed E-state index contributed by atoms with van der Waals surface area (Å²) in [6, 6.07) is 7.46. The van der Waals surface area contributed by atoms with E-state index in [1.165, 1.54) is 17.4 Å². The van der Waals surface area contributed by atoms with E-state index in [0.29, 0.717) is 37.2 Å². The second kappa shape index (κ2) is 8.30. The van der Waals surface area contributed by atoms with E-state index < -0.39 is 5.41 Å². The molecule has 0 aliphatic rings. The smallest absolute Gasteiger partial charge is 0.266 e. The van der Waals surface area contributed by atoms with Crippen molar-refractivity contribution in [2.75, 3.05) is 0 Å². The average Bonchev–Trinajstić information content (AvgIpc) is 3.10. The topological polar surface area (TPSA) is 67.8 Å². The molecule has 0 saturated heterocycles. The van der Waals surface area contributed by atoms with Gasteiger partial charge in [0.2, 0.25) is 0 Å². The summed E-state index contributed by atoms with van der Waals surface area (Å²) < 4.78 is 2.67. The molecule has 1 aromatic carbocycles. The van der Waals surface area contributed by atoms with E-state index in [0.717, 1.165) is 5.56 Å². The van der Waals surface area contributed by atoms with Crippen LogP contribution in [0.15, 0.2) is 29.1 Å². The summed E-state index contributed by atoms with van der Waals surface area (Å²) in [4.78, 5) is 27.3. The number of halogens is 2. The van der Waals surface area contributed by atoms with E-state index in [-0.39, 0.29) is 11.3 Å². The first-order valence-corrected chi connectivity index (χ1v) is 10.6. The van der Waals surface area contributed by atoms with E-state index in [4.69, 9.17) is 23.2 Å². The molecule has 0 amide bonds. The Kier molecular flexibility index (Phi) is 6.17. The normalized spacial score (nSPS) is 13.3. The number of thiazole rings is 1. The number of nitrogens with zero attached hydrogens (tertiary/aromatic N) is 2. The van der Waals surface area contributed by atoms with Gasteiger partial charge in [-0.15, -0.1) is 11.3 Å². The highest BCUT2D eigenvalue weighted by Crippen LogP contribution is 2.22. The number of aryl methyl sites for hydroxylation is 1. The molecule has 0 fully saturated rings. The lowest BCUT2D eigenvalue weighted by molar-refractivity contribution is -0.119. The highest BCUT2D eigenvalue weighted by Gasteiger charge is 2.19. The largest absolute Gasteiger partial charge is 0.313 e. The number of benzene rings is 1. The van der Waals surface area contributed by atoms with Crippen molar-refractivity contribution in [3.63, 3.8) is 0 Å². The number of rotatable bonds is 4. The summed E-state index contributed by atoms with van der Waals surface area (Å²) in [5.74, 6) is -0.0495. The SMILES string of the molecule is Cc1nn(Cc2ccc(Cl)cc2)c(Cl)c1/C=c1\s/c(=C\C(=O)C(C)(C)C)[nH]c1=O. The van der Waals surface area contributed by atoms with Crippen molar-refractivity contribution in [3.05, 3.63) is 70.8 Å². The fourth-order valence-corrected chi connectivity index (χ4v) is 3.87. The maximum Gasteiger partial charge on any atom is 0.266 e.